The number of hydrogen-bond donors (Lipinski definition) is 0. The number of nitrogens with zero attached hydrogens (tertiary/aromatic N) is 4. The van der Waals surface area contributed by atoms with Gasteiger partial charge in [-0.05, 0) is 30.3 Å². The zero-order valence-corrected chi connectivity index (χ0v) is 23.9. The highest BCUT2D eigenvalue weighted by Crippen LogP contribution is 2.38. The number of hydrazone groups is 1. The number of benzene rings is 3. The summed E-state index contributed by atoms with van der Waals surface area (Å²) in [5.41, 5.74) is 2.26. The van der Waals surface area contributed by atoms with E-state index in [2.05, 4.69) is 4.90 Å². The summed E-state index contributed by atoms with van der Waals surface area (Å²) in [6.07, 6.45) is 0.439. The van der Waals surface area contributed by atoms with Crippen molar-refractivity contribution >= 4 is 17.5 Å². The van der Waals surface area contributed by atoms with Gasteiger partial charge in [-0.25, -0.2) is 9.40 Å². The summed E-state index contributed by atoms with van der Waals surface area (Å²) in [6, 6.07) is 20.4. The molecule has 1 saturated heterocycles. The third-order valence-corrected chi connectivity index (χ3v) is 7.57. The molecular weight excluding hydrogens is 539 g/mol. The molecule has 2 aliphatic heterocycles. The lowest BCUT2D eigenvalue weighted by molar-refractivity contribution is -0.133. The summed E-state index contributed by atoms with van der Waals surface area (Å²) in [4.78, 5) is 31.2. The largest absolute Gasteiger partial charge is 0.497 e. The van der Waals surface area contributed by atoms with Crippen molar-refractivity contribution in [2.45, 2.75) is 12.5 Å². The number of amides is 2. The summed E-state index contributed by atoms with van der Waals surface area (Å²) in [5, 5.41) is 6.20. The molecule has 0 aliphatic carbocycles. The molecule has 10 heteroatoms. The second-order valence-electron chi connectivity index (χ2n) is 10.1. The first-order chi connectivity index (χ1) is 20.5. The summed E-state index contributed by atoms with van der Waals surface area (Å²) in [5.74, 6) is -0.236. The van der Waals surface area contributed by atoms with E-state index in [4.69, 9.17) is 19.3 Å². The highest BCUT2D eigenvalue weighted by molar-refractivity contribution is 6.04. The van der Waals surface area contributed by atoms with Crippen molar-refractivity contribution in [2.24, 2.45) is 5.10 Å². The van der Waals surface area contributed by atoms with Crippen molar-refractivity contribution in [3.05, 3.63) is 95.3 Å². The molecule has 2 amide bonds. The average molecular weight is 575 g/mol. The molecule has 3 aromatic carbocycles. The van der Waals surface area contributed by atoms with Crippen LogP contribution in [-0.2, 0) is 9.53 Å². The molecule has 0 radical (unpaired) electrons. The van der Waals surface area contributed by atoms with Crippen molar-refractivity contribution < 1.29 is 28.2 Å². The van der Waals surface area contributed by atoms with E-state index < -0.39 is 17.8 Å². The van der Waals surface area contributed by atoms with Gasteiger partial charge in [0.2, 0.25) is 0 Å². The van der Waals surface area contributed by atoms with Crippen LogP contribution in [0.1, 0.15) is 33.9 Å². The molecule has 0 saturated carbocycles. The van der Waals surface area contributed by atoms with Crippen molar-refractivity contribution in [1.29, 1.82) is 0 Å². The van der Waals surface area contributed by atoms with Gasteiger partial charge in [0, 0.05) is 43.7 Å². The molecule has 1 atom stereocenters. The monoisotopic (exact) mass is 574 g/mol. The van der Waals surface area contributed by atoms with E-state index in [1.165, 1.54) is 28.1 Å². The molecule has 220 valence electrons. The van der Waals surface area contributed by atoms with Crippen LogP contribution in [0.25, 0.3) is 0 Å². The predicted molar refractivity (Wildman–Crippen MR) is 156 cm³/mol. The number of methoxy groups -OCH3 is 2. The number of carbonyl (C=O) groups excluding carboxylic acids is 2. The van der Waals surface area contributed by atoms with Gasteiger partial charge in [0.1, 0.15) is 23.9 Å². The van der Waals surface area contributed by atoms with Gasteiger partial charge in [-0.2, -0.15) is 5.10 Å². The number of rotatable bonds is 10. The lowest BCUT2D eigenvalue weighted by Crippen LogP contribution is -2.46. The standard InChI is InChI=1S/C32H35FN4O5/c1-40-24-9-7-8-23(20-24)28-21-29(26-11-4-6-13-30(26)41-2)37(34-28)31(38)22-36(15-14-35-16-18-42-19-17-35)32(39)25-10-3-5-12-27(25)33/h3-13,20,29H,14-19,21-22H2,1-2H3/t29-/m1/s1. The van der Waals surface area contributed by atoms with Crippen LogP contribution in [0.5, 0.6) is 11.5 Å². The Bertz CT molecular complexity index is 1440. The second kappa shape index (κ2) is 13.6. The minimum atomic E-state index is -0.627. The van der Waals surface area contributed by atoms with Crippen molar-refractivity contribution in [2.75, 3.05) is 60.2 Å². The fourth-order valence-electron chi connectivity index (χ4n) is 5.28. The first kappa shape index (κ1) is 29.2. The normalized spacial score (nSPS) is 17.1. The van der Waals surface area contributed by atoms with Crippen LogP contribution in [-0.4, -0.2) is 92.5 Å². The molecule has 0 N–H and O–H groups in total. The minimum Gasteiger partial charge on any atom is -0.497 e. The van der Waals surface area contributed by atoms with Gasteiger partial charge in [0.15, 0.2) is 0 Å². The number of hydrogen-bond acceptors (Lipinski definition) is 7. The van der Waals surface area contributed by atoms with Crippen LogP contribution >= 0.6 is 0 Å². The Kier molecular flexibility index (Phi) is 9.45. The third kappa shape index (κ3) is 6.61. The zero-order valence-electron chi connectivity index (χ0n) is 23.9. The number of para-hydroxylation sites is 1. The molecule has 2 aliphatic rings. The van der Waals surface area contributed by atoms with E-state index in [1.54, 1.807) is 20.3 Å². The van der Waals surface area contributed by atoms with E-state index in [-0.39, 0.29) is 24.6 Å². The van der Waals surface area contributed by atoms with Crippen LogP contribution < -0.4 is 9.47 Å². The number of morpholine rings is 1. The molecule has 0 spiro atoms. The van der Waals surface area contributed by atoms with Crippen LogP contribution in [0.3, 0.4) is 0 Å². The quantitative estimate of drug-likeness (QED) is 0.364. The summed E-state index contributed by atoms with van der Waals surface area (Å²) >= 11 is 0. The van der Waals surface area contributed by atoms with E-state index in [1.807, 2.05) is 48.5 Å². The fourth-order valence-corrected chi connectivity index (χ4v) is 5.28. The third-order valence-electron chi connectivity index (χ3n) is 7.57. The SMILES string of the molecule is COc1cccc(C2=NN(C(=O)CN(CCN3CCOCC3)C(=O)c3ccccc3F)[C@@H](c3ccccc3OC)C2)c1. The van der Waals surface area contributed by atoms with Gasteiger partial charge >= 0.3 is 0 Å². The first-order valence-electron chi connectivity index (χ1n) is 14.0. The maximum atomic E-state index is 14.7. The molecule has 9 nitrogen and oxygen atoms in total. The maximum Gasteiger partial charge on any atom is 0.262 e. The Morgan fingerprint density at radius 1 is 1.00 bits per heavy atom. The molecule has 2 heterocycles. The first-order valence-corrected chi connectivity index (χ1v) is 14.0. The zero-order chi connectivity index (χ0) is 29.5. The van der Waals surface area contributed by atoms with Crippen molar-refractivity contribution in [1.82, 2.24) is 14.8 Å². The lowest BCUT2D eigenvalue weighted by atomic mass is 9.97. The van der Waals surface area contributed by atoms with Crippen molar-refractivity contribution in [3.63, 3.8) is 0 Å². The molecule has 0 bridgehead atoms. The Balaban J connectivity index is 1.45. The molecule has 5 rings (SSSR count). The highest BCUT2D eigenvalue weighted by atomic mass is 19.1. The molecule has 1 fully saturated rings. The van der Waals surface area contributed by atoms with Crippen LogP contribution in [0.4, 0.5) is 4.39 Å². The lowest BCUT2D eigenvalue weighted by Gasteiger charge is -2.31. The Morgan fingerprint density at radius 3 is 2.52 bits per heavy atom. The Hall–Kier alpha value is -4.28. The maximum absolute atomic E-state index is 14.7. The smallest absolute Gasteiger partial charge is 0.262 e. The van der Waals surface area contributed by atoms with Crippen molar-refractivity contribution in [3.8, 4) is 11.5 Å². The van der Waals surface area contributed by atoms with Crippen LogP contribution in [0.2, 0.25) is 0 Å². The summed E-state index contributed by atoms with van der Waals surface area (Å²) < 4.78 is 31.2. The number of carbonyl (C=O) groups is 2. The van der Waals surface area contributed by atoms with E-state index in [0.29, 0.717) is 43.4 Å². The average Bonchev–Trinajstić information content (AvgIpc) is 3.49. The topological polar surface area (TPSA) is 83.9 Å². The molecule has 3 aromatic rings. The van der Waals surface area contributed by atoms with Gasteiger partial charge in [0.25, 0.3) is 11.8 Å². The molecule has 42 heavy (non-hydrogen) atoms. The summed E-state index contributed by atoms with van der Waals surface area (Å²) in [7, 11) is 3.19. The Labute approximate surface area is 245 Å². The summed E-state index contributed by atoms with van der Waals surface area (Å²) in [6.45, 7) is 3.19. The minimum absolute atomic E-state index is 0.0736. The van der Waals surface area contributed by atoms with Crippen LogP contribution in [0.15, 0.2) is 77.9 Å². The van der Waals surface area contributed by atoms with E-state index >= 15 is 0 Å². The highest BCUT2D eigenvalue weighted by Gasteiger charge is 2.36. The molecule has 0 aromatic heterocycles. The van der Waals surface area contributed by atoms with Crippen LogP contribution in [0, 0.1) is 5.82 Å². The predicted octanol–water partition coefficient (Wildman–Crippen LogP) is 4.00. The number of ether oxygens (including phenoxy) is 3. The Morgan fingerprint density at radius 2 is 1.76 bits per heavy atom. The van der Waals surface area contributed by atoms with Gasteiger partial charge in [-0.15, -0.1) is 0 Å². The van der Waals surface area contributed by atoms with E-state index in [9.17, 15) is 14.0 Å². The van der Waals surface area contributed by atoms with Gasteiger partial charge in [0.05, 0.1) is 44.8 Å². The van der Waals surface area contributed by atoms with Gasteiger partial charge < -0.3 is 19.1 Å². The van der Waals surface area contributed by atoms with E-state index in [0.717, 1.165) is 24.2 Å². The molecule has 0 unspecified atom stereocenters. The second-order valence-corrected chi connectivity index (χ2v) is 10.1. The molecular formula is C32H35FN4O5. The van der Waals surface area contributed by atoms with Gasteiger partial charge in [-0.3, -0.25) is 14.5 Å². The fraction of sp³-hybridized carbons (Fsp3) is 0.344. The number of halogens is 1. The van der Waals surface area contributed by atoms with Gasteiger partial charge in [-0.1, -0.05) is 42.5 Å².